The topological polar surface area (TPSA) is 66.5 Å². The normalized spacial score (nSPS) is 11.7. The van der Waals surface area contributed by atoms with Crippen molar-refractivity contribution in [3.05, 3.63) is 95.0 Å². The minimum atomic E-state index is -3.92. The van der Waals surface area contributed by atoms with Gasteiger partial charge in [-0.2, -0.15) is 0 Å². The van der Waals surface area contributed by atoms with Gasteiger partial charge in [0, 0.05) is 10.0 Å². The molecule has 0 saturated carbocycles. The van der Waals surface area contributed by atoms with Crippen LogP contribution in [0.1, 0.15) is 19.4 Å². The van der Waals surface area contributed by atoms with E-state index in [0.717, 1.165) is 14.3 Å². The van der Waals surface area contributed by atoms with Crippen LogP contribution in [-0.2, 0) is 21.2 Å². The van der Waals surface area contributed by atoms with Crippen LogP contribution < -0.4 is 9.62 Å². The van der Waals surface area contributed by atoms with Gasteiger partial charge in [0.25, 0.3) is 10.0 Å². The molecule has 1 N–H and O–H groups in total. The van der Waals surface area contributed by atoms with E-state index in [9.17, 15) is 13.2 Å². The molecule has 7 heteroatoms. The second-order valence-corrected chi connectivity index (χ2v) is 10.7. The molecule has 3 aromatic rings. The Balaban J connectivity index is 1.84. The standard InChI is InChI=1S/C24H25BrN2O3S/c1-24(2,17-19-9-5-3-6-10-19)26-23(28)18-27(21-15-13-20(25)14-16-21)31(29,30)22-11-7-4-8-12-22/h3-16H,17-18H2,1-2H3,(H,26,28). The number of halogens is 1. The van der Waals surface area contributed by atoms with Gasteiger partial charge in [0.2, 0.25) is 5.91 Å². The minimum absolute atomic E-state index is 0.134. The van der Waals surface area contributed by atoms with Crippen molar-refractivity contribution in [2.75, 3.05) is 10.8 Å². The molecule has 0 bridgehead atoms. The van der Waals surface area contributed by atoms with E-state index in [1.165, 1.54) is 12.1 Å². The summed E-state index contributed by atoms with van der Waals surface area (Å²) in [6, 6.07) is 24.8. The summed E-state index contributed by atoms with van der Waals surface area (Å²) in [5.74, 6) is -0.372. The molecule has 3 aromatic carbocycles. The predicted octanol–water partition coefficient (Wildman–Crippen LogP) is 4.78. The number of benzene rings is 3. The molecule has 0 aromatic heterocycles. The van der Waals surface area contributed by atoms with Gasteiger partial charge < -0.3 is 5.32 Å². The summed E-state index contributed by atoms with van der Waals surface area (Å²) in [7, 11) is -3.92. The van der Waals surface area contributed by atoms with E-state index in [0.29, 0.717) is 12.1 Å². The Labute approximate surface area is 192 Å². The first kappa shape index (κ1) is 23.0. The molecule has 0 fully saturated rings. The van der Waals surface area contributed by atoms with Crippen LogP contribution in [0.3, 0.4) is 0 Å². The van der Waals surface area contributed by atoms with Crippen LogP contribution in [0, 0.1) is 0 Å². The molecular formula is C24H25BrN2O3S. The quantitative estimate of drug-likeness (QED) is 0.483. The average molecular weight is 501 g/mol. The van der Waals surface area contributed by atoms with E-state index >= 15 is 0 Å². The highest BCUT2D eigenvalue weighted by atomic mass is 79.9. The van der Waals surface area contributed by atoms with Gasteiger partial charge in [-0.15, -0.1) is 0 Å². The van der Waals surface area contributed by atoms with E-state index in [-0.39, 0.29) is 17.3 Å². The lowest BCUT2D eigenvalue weighted by Crippen LogP contribution is -2.50. The summed E-state index contributed by atoms with van der Waals surface area (Å²) in [4.78, 5) is 13.1. The second-order valence-electron chi connectivity index (χ2n) is 7.90. The summed E-state index contributed by atoms with van der Waals surface area (Å²) in [6.45, 7) is 3.53. The highest BCUT2D eigenvalue weighted by molar-refractivity contribution is 9.10. The maximum atomic E-state index is 13.3. The molecule has 5 nitrogen and oxygen atoms in total. The largest absolute Gasteiger partial charge is 0.349 e. The van der Waals surface area contributed by atoms with E-state index < -0.39 is 15.6 Å². The Kier molecular flexibility index (Phi) is 7.18. The first-order valence-electron chi connectivity index (χ1n) is 9.86. The Morgan fingerprint density at radius 1 is 0.903 bits per heavy atom. The van der Waals surface area contributed by atoms with Crippen LogP contribution in [0.25, 0.3) is 0 Å². The lowest BCUT2D eigenvalue weighted by molar-refractivity contribution is -0.121. The maximum absolute atomic E-state index is 13.3. The van der Waals surface area contributed by atoms with Crippen molar-refractivity contribution in [1.29, 1.82) is 0 Å². The summed E-state index contributed by atoms with van der Waals surface area (Å²) < 4.78 is 28.7. The third kappa shape index (κ3) is 6.18. The molecule has 0 atom stereocenters. The summed E-state index contributed by atoms with van der Waals surface area (Å²) in [5.41, 5.74) is 0.970. The fourth-order valence-electron chi connectivity index (χ4n) is 3.34. The molecule has 0 unspecified atom stereocenters. The number of amides is 1. The molecule has 0 aliphatic carbocycles. The van der Waals surface area contributed by atoms with Crippen LogP contribution in [0.5, 0.6) is 0 Å². The van der Waals surface area contributed by atoms with Crippen molar-refractivity contribution in [1.82, 2.24) is 5.32 Å². The minimum Gasteiger partial charge on any atom is -0.349 e. The van der Waals surface area contributed by atoms with Crippen molar-refractivity contribution in [2.45, 2.75) is 30.7 Å². The van der Waals surface area contributed by atoms with Crippen molar-refractivity contribution in [3.63, 3.8) is 0 Å². The fourth-order valence-corrected chi connectivity index (χ4v) is 5.05. The van der Waals surface area contributed by atoms with E-state index in [4.69, 9.17) is 0 Å². The average Bonchev–Trinajstić information content (AvgIpc) is 2.73. The lowest BCUT2D eigenvalue weighted by atomic mass is 9.95. The number of hydrogen-bond acceptors (Lipinski definition) is 3. The maximum Gasteiger partial charge on any atom is 0.264 e. The molecule has 0 aliphatic heterocycles. The Morgan fingerprint density at radius 3 is 2.03 bits per heavy atom. The SMILES string of the molecule is CC(C)(Cc1ccccc1)NC(=O)CN(c1ccc(Br)cc1)S(=O)(=O)c1ccccc1. The molecule has 31 heavy (non-hydrogen) atoms. The second kappa shape index (κ2) is 9.66. The summed E-state index contributed by atoms with van der Waals surface area (Å²) in [6.07, 6.45) is 0.628. The first-order valence-corrected chi connectivity index (χ1v) is 12.1. The van der Waals surface area contributed by atoms with Crippen molar-refractivity contribution in [3.8, 4) is 0 Å². The van der Waals surface area contributed by atoms with Crippen molar-refractivity contribution < 1.29 is 13.2 Å². The van der Waals surface area contributed by atoms with Gasteiger partial charge in [-0.25, -0.2) is 8.42 Å². The lowest BCUT2D eigenvalue weighted by Gasteiger charge is -2.29. The molecule has 1 amide bonds. The van der Waals surface area contributed by atoms with Gasteiger partial charge in [-0.05, 0) is 62.2 Å². The van der Waals surface area contributed by atoms with Crippen molar-refractivity contribution >= 4 is 37.5 Å². The van der Waals surface area contributed by atoms with Crippen molar-refractivity contribution in [2.24, 2.45) is 0 Å². The Hall–Kier alpha value is -2.64. The third-order valence-electron chi connectivity index (χ3n) is 4.70. The molecule has 0 radical (unpaired) electrons. The fraction of sp³-hybridized carbons (Fsp3) is 0.208. The Bertz CT molecular complexity index is 1120. The number of nitrogens with zero attached hydrogens (tertiary/aromatic N) is 1. The van der Waals surface area contributed by atoms with Gasteiger partial charge in [-0.3, -0.25) is 9.10 Å². The molecule has 0 aliphatic rings. The molecular weight excluding hydrogens is 476 g/mol. The van der Waals surface area contributed by atoms with E-state index in [1.54, 1.807) is 42.5 Å². The van der Waals surface area contributed by atoms with Gasteiger partial charge in [-0.1, -0.05) is 64.5 Å². The van der Waals surface area contributed by atoms with Crippen LogP contribution in [0.2, 0.25) is 0 Å². The van der Waals surface area contributed by atoms with Gasteiger partial charge in [0.05, 0.1) is 10.6 Å². The smallest absolute Gasteiger partial charge is 0.264 e. The zero-order valence-electron chi connectivity index (χ0n) is 17.5. The number of carbonyl (C=O) groups is 1. The number of rotatable bonds is 8. The zero-order chi connectivity index (χ0) is 22.5. The number of sulfonamides is 1. The third-order valence-corrected chi connectivity index (χ3v) is 7.02. The molecule has 3 rings (SSSR count). The van der Waals surface area contributed by atoms with E-state index in [1.807, 2.05) is 44.2 Å². The van der Waals surface area contributed by atoms with Crippen LogP contribution >= 0.6 is 15.9 Å². The van der Waals surface area contributed by atoms with Crippen LogP contribution in [0.15, 0.2) is 94.3 Å². The highest BCUT2D eigenvalue weighted by Crippen LogP contribution is 2.25. The predicted molar refractivity (Wildman–Crippen MR) is 127 cm³/mol. The molecule has 0 saturated heterocycles. The molecule has 0 heterocycles. The molecule has 162 valence electrons. The first-order chi connectivity index (χ1) is 14.7. The number of carbonyl (C=O) groups excluding carboxylic acids is 1. The van der Waals surface area contributed by atoms with Crippen LogP contribution in [0.4, 0.5) is 5.69 Å². The molecule has 0 spiro atoms. The van der Waals surface area contributed by atoms with E-state index in [2.05, 4.69) is 21.2 Å². The number of hydrogen-bond donors (Lipinski definition) is 1. The van der Waals surface area contributed by atoms with Crippen LogP contribution in [-0.4, -0.2) is 26.4 Å². The Morgan fingerprint density at radius 2 is 1.45 bits per heavy atom. The number of nitrogens with one attached hydrogen (secondary N) is 1. The van der Waals surface area contributed by atoms with Gasteiger partial charge >= 0.3 is 0 Å². The highest BCUT2D eigenvalue weighted by Gasteiger charge is 2.29. The summed E-state index contributed by atoms with van der Waals surface area (Å²) >= 11 is 3.36. The zero-order valence-corrected chi connectivity index (χ0v) is 19.9. The van der Waals surface area contributed by atoms with Gasteiger partial charge in [0.1, 0.15) is 6.54 Å². The summed E-state index contributed by atoms with van der Waals surface area (Å²) in [5, 5.41) is 2.99. The van der Waals surface area contributed by atoms with Gasteiger partial charge in [0.15, 0.2) is 0 Å². The number of anilines is 1. The monoisotopic (exact) mass is 500 g/mol.